The summed E-state index contributed by atoms with van der Waals surface area (Å²) in [7, 11) is 0. The van der Waals surface area contributed by atoms with Gasteiger partial charge in [-0.15, -0.1) is 0 Å². The molecule has 0 saturated carbocycles. The Hall–Kier alpha value is -1.01. The highest BCUT2D eigenvalue weighted by atomic mass is 19.4. The summed E-state index contributed by atoms with van der Waals surface area (Å²) < 4.78 is 61.8. The molecule has 0 radical (unpaired) electrons. The topological polar surface area (TPSA) is 6.48 Å². The first-order valence-corrected chi connectivity index (χ1v) is 4.92. The Bertz CT molecular complexity index is 261. The smallest absolute Gasteiger partial charge is 0.358 e. The van der Waals surface area contributed by atoms with E-state index in [-0.39, 0.29) is 4.90 Å². The van der Waals surface area contributed by atoms with E-state index in [1.54, 1.807) is 0 Å². The third kappa shape index (κ3) is 2.56. The van der Waals surface area contributed by atoms with Gasteiger partial charge in [0.2, 0.25) is 0 Å². The molecule has 0 aromatic carbocycles. The molecule has 0 amide bonds. The molecule has 1 rings (SSSR count). The van der Waals surface area contributed by atoms with Crippen LogP contribution in [0, 0.1) is 0 Å². The van der Waals surface area contributed by atoms with Crippen molar-refractivity contribution in [3.63, 3.8) is 0 Å². The Balaban J connectivity index is 2.57. The van der Waals surface area contributed by atoms with Crippen LogP contribution >= 0.6 is 0 Å². The molecule has 1 aliphatic heterocycles. The van der Waals surface area contributed by atoms with Gasteiger partial charge in [0, 0.05) is 18.9 Å². The Kier molecular flexibility index (Phi) is 3.64. The second-order valence-electron chi connectivity index (χ2n) is 3.61. The normalized spacial score (nSPS) is 17.4. The van der Waals surface area contributed by atoms with Crippen molar-refractivity contribution in [2.24, 2.45) is 0 Å². The Morgan fingerprint density at radius 1 is 1.12 bits per heavy atom. The molecule has 0 atom stereocenters. The number of hydrogen-bond donors (Lipinski definition) is 0. The molecular formula is C9H13F5N2. The standard InChI is InChI=1S/C9H13F5N2/c1-2-3-4-15-5-6-16(7-15)9(13,14)8(10,11)12/h5-6H,2-4,7H2,1H3. The number of unbranched alkanes of at least 4 members (excludes halogenated alkanes) is 1. The second kappa shape index (κ2) is 4.47. The first-order valence-electron chi connectivity index (χ1n) is 4.92. The van der Waals surface area contributed by atoms with Gasteiger partial charge < -0.3 is 4.90 Å². The third-order valence-electron chi connectivity index (χ3n) is 2.29. The zero-order valence-corrected chi connectivity index (χ0v) is 8.77. The number of halogens is 5. The monoisotopic (exact) mass is 244 g/mol. The van der Waals surface area contributed by atoms with Crippen LogP contribution < -0.4 is 0 Å². The molecule has 2 nitrogen and oxygen atoms in total. The van der Waals surface area contributed by atoms with Crippen molar-refractivity contribution in [3.8, 4) is 0 Å². The second-order valence-corrected chi connectivity index (χ2v) is 3.61. The Morgan fingerprint density at radius 2 is 1.75 bits per heavy atom. The van der Waals surface area contributed by atoms with E-state index in [9.17, 15) is 22.0 Å². The van der Waals surface area contributed by atoms with Gasteiger partial charge in [0.15, 0.2) is 0 Å². The Labute approximate surface area is 90.3 Å². The minimum Gasteiger partial charge on any atom is -0.358 e. The van der Waals surface area contributed by atoms with Gasteiger partial charge in [-0.25, -0.2) is 0 Å². The van der Waals surface area contributed by atoms with Crippen LogP contribution in [0.15, 0.2) is 12.4 Å². The fraction of sp³-hybridized carbons (Fsp3) is 0.778. The SMILES string of the molecule is CCCCN1C=CN(C(F)(F)C(F)(F)F)C1. The van der Waals surface area contributed by atoms with Gasteiger partial charge in [-0.2, -0.15) is 22.0 Å². The van der Waals surface area contributed by atoms with Crippen molar-refractivity contribution < 1.29 is 22.0 Å². The maximum atomic E-state index is 12.9. The highest BCUT2D eigenvalue weighted by Crippen LogP contribution is 2.39. The first-order chi connectivity index (χ1) is 7.29. The van der Waals surface area contributed by atoms with E-state index in [2.05, 4.69) is 0 Å². The number of rotatable bonds is 4. The molecule has 0 aromatic heterocycles. The van der Waals surface area contributed by atoms with Crippen LogP contribution in [-0.4, -0.2) is 35.2 Å². The lowest BCUT2D eigenvalue weighted by atomic mass is 10.3. The van der Waals surface area contributed by atoms with Gasteiger partial charge in [-0.05, 0) is 6.42 Å². The number of hydrogen-bond acceptors (Lipinski definition) is 2. The minimum absolute atomic E-state index is 0.00264. The fourth-order valence-electron chi connectivity index (χ4n) is 1.32. The summed E-state index contributed by atoms with van der Waals surface area (Å²) >= 11 is 0. The van der Waals surface area contributed by atoms with Gasteiger partial charge in [0.05, 0.1) is 6.67 Å². The molecule has 0 aromatic rings. The molecule has 94 valence electrons. The van der Waals surface area contributed by atoms with Gasteiger partial charge in [0.1, 0.15) is 0 Å². The van der Waals surface area contributed by atoms with Crippen LogP contribution in [0.2, 0.25) is 0 Å². The number of nitrogens with zero attached hydrogens (tertiary/aromatic N) is 2. The summed E-state index contributed by atoms with van der Waals surface area (Å²) in [6.45, 7) is 1.98. The highest BCUT2D eigenvalue weighted by molar-refractivity contribution is 4.95. The Morgan fingerprint density at radius 3 is 2.25 bits per heavy atom. The molecule has 1 heterocycles. The van der Waals surface area contributed by atoms with Crippen LogP contribution in [0.3, 0.4) is 0 Å². The molecule has 0 unspecified atom stereocenters. The predicted octanol–water partition coefficient (Wildman–Crippen LogP) is 2.99. The van der Waals surface area contributed by atoms with Crippen molar-refractivity contribution >= 4 is 0 Å². The zero-order valence-electron chi connectivity index (χ0n) is 8.77. The lowest BCUT2D eigenvalue weighted by molar-refractivity contribution is -0.332. The van der Waals surface area contributed by atoms with E-state index in [1.807, 2.05) is 6.92 Å². The summed E-state index contributed by atoms with van der Waals surface area (Å²) in [5.41, 5.74) is 0. The molecule has 0 aliphatic carbocycles. The summed E-state index contributed by atoms with van der Waals surface area (Å²) in [5.74, 6) is 0. The van der Waals surface area contributed by atoms with Crippen LogP contribution in [0.1, 0.15) is 19.8 Å². The summed E-state index contributed by atoms with van der Waals surface area (Å²) in [6.07, 6.45) is -1.88. The van der Waals surface area contributed by atoms with Crippen LogP contribution in [0.25, 0.3) is 0 Å². The highest BCUT2D eigenvalue weighted by Gasteiger charge is 2.61. The molecule has 1 aliphatic rings. The molecular weight excluding hydrogens is 231 g/mol. The lowest BCUT2D eigenvalue weighted by Crippen LogP contribution is -2.50. The molecule has 0 spiro atoms. The summed E-state index contributed by atoms with van der Waals surface area (Å²) in [4.78, 5) is 1.44. The quantitative estimate of drug-likeness (QED) is 0.554. The van der Waals surface area contributed by atoms with E-state index in [4.69, 9.17) is 0 Å². The maximum Gasteiger partial charge on any atom is 0.475 e. The largest absolute Gasteiger partial charge is 0.475 e. The summed E-state index contributed by atoms with van der Waals surface area (Å²) in [6, 6.07) is -4.80. The van der Waals surface area contributed by atoms with E-state index >= 15 is 0 Å². The van der Waals surface area contributed by atoms with Crippen LogP contribution in [0.4, 0.5) is 22.0 Å². The van der Waals surface area contributed by atoms with Crippen LogP contribution in [0.5, 0.6) is 0 Å². The van der Waals surface area contributed by atoms with Gasteiger partial charge >= 0.3 is 12.2 Å². The van der Waals surface area contributed by atoms with Crippen molar-refractivity contribution in [2.75, 3.05) is 13.2 Å². The third-order valence-corrected chi connectivity index (χ3v) is 2.29. The average Bonchev–Trinajstić information content (AvgIpc) is 2.61. The van der Waals surface area contributed by atoms with E-state index in [0.717, 1.165) is 19.0 Å². The minimum atomic E-state index is -5.54. The summed E-state index contributed by atoms with van der Waals surface area (Å²) in [5, 5.41) is 0. The van der Waals surface area contributed by atoms with E-state index in [1.165, 1.54) is 11.1 Å². The molecule has 0 N–H and O–H groups in total. The van der Waals surface area contributed by atoms with E-state index in [0.29, 0.717) is 6.54 Å². The van der Waals surface area contributed by atoms with E-state index < -0.39 is 18.9 Å². The zero-order chi connectivity index (χ0) is 12.4. The molecule has 0 saturated heterocycles. The van der Waals surface area contributed by atoms with Crippen molar-refractivity contribution in [2.45, 2.75) is 32.0 Å². The first kappa shape index (κ1) is 13.1. The average molecular weight is 244 g/mol. The molecule has 16 heavy (non-hydrogen) atoms. The van der Waals surface area contributed by atoms with Crippen LogP contribution in [-0.2, 0) is 0 Å². The number of alkyl halides is 5. The molecule has 0 bridgehead atoms. The lowest BCUT2D eigenvalue weighted by Gasteiger charge is -2.30. The predicted molar refractivity (Wildman–Crippen MR) is 48.5 cm³/mol. The molecule has 7 heteroatoms. The van der Waals surface area contributed by atoms with Crippen molar-refractivity contribution in [1.82, 2.24) is 9.80 Å². The van der Waals surface area contributed by atoms with Gasteiger partial charge in [-0.3, -0.25) is 4.90 Å². The van der Waals surface area contributed by atoms with Gasteiger partial charge in [-0.1, -0.05) is 13.3 Å². The van der Waals surface area contributed by atoms with Crippen molar-refractivity contribution in [1.29, 1.82) is 0 Å². The van der Waals surface area contributed by atoms with Gasteiger partial charge in [0.25, 0.3) is 0 Å². The maximum absolute atomic E-state index is 12.9. The molecule has 0 fully saturated rings. The van der Waals surface area contributed by atoms with Crippen molar-refractivity contribution in [3.05, 3.63) is 12.4 Å². The fourth-order valence-corrected chi connectivity index (χ4v) is 1.32.